The number of amides is 1. The molecule has 1 amide bonds. The van der Waals surface area contributed by atoms with Crippen molar-refractivity contribution in [1.29, 1.82) is 0 Å². The number of fused-ring (bicyclic) bond motifs is 1. The molecule has 3 rings (SSSR count). The van der Waals surface area contributed by atoms with Gasteiger partial charge in [0.05, 0.1) is 0 Å². The SMILES string of the molecule is Cl.NCC1CCCC1NC(=O)CC1CCc2ccccc2C1. The van der Waals surface area contributed by atoms with Crippen molar-refractivity contribution in [3.05, 3.63) is 35.4 Å². The van der Waals surface area contributed by atoms with Gasteiger partial charge >= 0.3 is 0 Å². The molecule has 0 bridgehead atoms. The number of halogens is 1. The predicted molar refractivity (Wildman–Crippen MR) is 92.1 cm³/mol. The molecule has 22 heavy (non-hydrogen) atoms. The molecule has 0 aliphatic heterocycles. The predicted octanol–water partition coefficient (Wildman–Crippen LogP) is 2.85. The maximum atomic E-state index is 12.3. The maximum Gasteiger partial charge on any atom is 0.220 e. The van der Waals surface area contributed by atoms with Gasteiger partial charge in [0.15, 0.2) is 0 Å². The van der Waals surface area contributed by atoms with E-state index in [1.54, 1.807) is 0 Å². The molecule has 2 aliphatic carbocycles. The lowest BCUT2D eigenvalue weighted by Gasteiger charge is -2.25. The fraction of sp³-hybridized carbons (Fsp3) is 0.611. The highest BCUT2D eigenvalue weighted by Crippen LogP contribution is 2.28. The van der Waals surface area contributed by atoms with Gasteiger partial charge in [-0.15, -0.1) is 12.4 Å². The van der Waals surface area contributed by atoms with E-state index in [4.69, 9.17) is 5.73 Å². The van der Waals surface area contributed by atoms with Crippen LogP contribution in [-0.4, -0.2) is 18.5 Å². The molecular weight excluding hydrogens is 296 g/mol. The number of aryl methyl sites for hydroxylation is 1. The second kappa shape index (κ2) is 7.98. The summed E-state index contributed by atoms with van der Waals surface area (Å²) >= 11 is 0. The third kappa shape index (κ3) is 4.02. The first-order valence-electron chi connectivity index (χ1n) is 8.32. The molecule has 0 heterocycles. The van der Waals surface area contributed by atoms with E-state index in [1.165, 1.54) is 17.5 Å². The highest BCUT2D eigenvalue weighted by molar-refractivity contribution is 5.85. The normalized spacial score (nSPS) is 26.9. The van der Waals surface area contributed by atoms with Gasteiger partial charge in [-0.25, -0.2) is 0 Å². The standard InChI is InChI=1S/C18H26N2O.ClH/c19-12-16-6-3-7-17(16)20-18(21)11-13-8-9-14-4-1-2-5-15(14)10-13;/h1-2,4-5,13,16-17H,3,6-12,19H2,(H,20,21);1H. The van der Waals surface area contributed by atoms with Gasteiger partial charge in [-0.1, -0.05) is 30.7 Å². The van der Waals surface area contributed by atoms with Crippen molar-refractivity contribution >= 4 is 18.3 Å². The number of carbonyl (C=O) groups excluding carboxylic acids is 1. The van der Waals surface area contributed by atoms with Crippen molar-refractivity contribution in [2.45, 2.75) is 51.0 Å². The minimum Gasteiger partial charge on any atom is -0.353 e. The largest absolute Gasteiger partial charge is 0.353 e. The summed E-state index contributed by atoms with van der Waals surface area (Å²) in [7, 11) is 0. The Bertz CT molecular complexity index is 506. The zero-order valence-corrected chi connectivity index (χ0v) is 13.9. The Balaban J connectivity index is 0.00000176. The van der Waals surface area contributed by atoms with Gasteiger partial charge in [-0.3, -0.25) is 4.79 Å². The van der Waals surface area contributed by atoms with Crippen LogP contribution in [0.2, 0.25) is 0 Å². The highest BCUT2D eigenvalue weighted by Gasteiger charge is 2.28. The van der Waals surface area contributed by atoms with Crippen LogP contribution in [-0.2, 0) is 17.6 Å². The van der Waals surface area contributed by atoms with E-state index in [0.29, 0.717) is 30.8 Å². The van der Waals surface area contributed by atoms with Gasteiger partial charge in [0.25, 0.3) is 0 Å². The van der Waals surface area contributed by atoms with Crippen molar-refractivity contribution in [2.24, 2.45) is 17.6 Å². The summed E-state index contributed by atoms with van der Waals surface area (Å²) in [6.07, 6.45) is 7.43. The van der Waals surface area contributed by atoms with E-state index < -0.39 is 0 Å². The van der Waals surface area contributed by atoms with Gasteiger partial charge in [-0.2, -0.15) is 0 Å². The van der Waals surface area contributed by atoms with Crippen molar-refractivity contribution < 1.29 is 4.79 Å². The minimum absolute atomic E-state index is 0. The smallest absolute Gasteiger partial charge is 0.220 e. The Kier molecular flexibility index (Phi) is 6.27. The number of nitrogens with one attached hydrogen (secondary N) is 1. The van der Waals surface area contributed by atoms with Crippen LogP contribution in [0.5, 0.6) is 0 Å². The second-order valence-electron chi connectivity index (χ2n) is 6.68. The van der Waals surface area contributed by atoms with Gasteiger partial charge in [0, 0.05) is 12.5 Å². The fourth-order valence-electron chi connectivity index (χ4n) is 3.98. The summed E-state index contributed by atoms with van der Waals surface area (Å²) in [6.45, 7) is 0.696. The molecule has 1 aromatic carbocycles. The van der Waals surface area contributed by atoms with E-state index in [9.17, 15) is 4.79 Å². The van der Waals surface area contributed by atoms with Crippen molar-refractivity contribution in [3.63, 3.8) is 0 Å². The lowest BCUT2D eigenvalue weighted by atomic mass is 9.82. The third-order valence-electron chi connectivity index (χ3n) is 5.23. The van der Waals surface area contributed by atoms with Crippen LogP contribution in [0.4, 0.5) is 0 Å². The molecule has 0 radical (unpaired) electrons. The van der Waals surface area contributed by atoms with Crippen LogP contribution in [0.3, 0.4) is 0 Å². The Morgan fingerprint density at radius 1 is 1.18 bits per heavy atom. The molecule has 3 atom stereocenters. The van der Waals surface area contributed by atoms with E-state index in [1.807, 2.05) is 0 Å². The van der Waals surface area contributed by atoms with Crippen molar-refractivity contribution in [2.75, 3.05) is 6.54 Å². The Morgan fingerprint density at radius 3 is 2.73 bits per heavy atom. The molecule has 0 saturated heterocycles. The summed E-state index contributed by atoms with van der Waals surface area (Å²) in [5, 5.41) is 3.23. The van der Waals surface area contributed by atoms with Gasteiger partial charge in [0.2, 0.25) is 5.91 Å². The first kappa shape index (κ1) is 17.3. The van der Waals surface area contributed by atoms with E-state index in [0.717, 1.165) is 32.1 Å². The Hall–Kier alpha value is -1.06. The molecule has 0 spiro atoms. The lowest BCUT2D eigenvalue weighted by molar-refractivity contribution is -0.123. The van der Waals surface area contributed by atoms with Crippen molar-refractivity contribution in [3.8, 4) is 0 Å². The molecule has 1 fully saturated rings. The second-order valence-corrected chi connectivity index (χ2v) is 6.68. The molecule has 2 aliphatic rings. The number of nitrogens with two attached hydrogens (primary N) is 1. The number of rotatable bonds is 4. The summed E-state index contributed by atoms with van der Waals surface area (Å²) in [5.74, 6) is 1.21. The zero-order valence-electron chi connectivity index (χ0n) is 13.1. The summed E-state index contributed by atoms with van der Waals surface area (Å²) in [4.78, 5) is 12.3. The first-order valence-corrected chi connectivity index (χ1v) is 8.32. The number of hydrogen-bond donors (Lipinski definition) is 2. The van der Waals surface area contributed by atoms with E-state index >= 15 is 0 Å². The molecule has 122 valence electrons. The average molecular weight is 323 g/mol. The molecule has 1 aromatic rings. The van der Waals surface area contributed by atoms with Gasteiger partial charge < -0.3 is 11.1 Å². The van der Waals surface area contributed by atoms with E-state index in [-0.39, 0.29) is 18.3 Å². The number of hydrogen-bond acceptors (Lipinski definition) is 2. The molecule has 3 unspecified atom stereocenters. The molecule has 0 aromatic heterocycles. The fourth-order valence-corrected chi connectivity index (χ4v) is 3.98. The van der Waals surface area contributed by atoms with Crippen LogP contribution >= 0.6 is 12.4 Å². The summed E-state index contributed by atoms with van der Waals surface area (Å²) in [5.41, 5.74) is 8.68. The van der Waals surface area contributed by atoms with Gasteiger partial charge in [0.1, 0.15) is 0 Å². The molecule has 3 nitrogen and oxygen atoms in total. The molecule has 4 heteroatoms. The third-order valence-corrected chi connectivity index (χ3v) is 5.23. The zero-order chi connectivity index (χ0) is 14.7. The van der Waals surface area contributed by atoms with Crippen molar-refractivity contribution in [1.82, 2.24) is 5.32 Å². The molecule has 1 saturated carbocycles. The topological polar surface area (TPSA) is 55.1 Å². The van der Waals surface area contributed by atoms with Crippen LogP contribution in [0.15, 0.2) is 24.3 Å². The summed E-state index contributed by atoms with van der Waals surface area (Å²) < 4.78 is 0. The van der Waals surface area contributed by atoms with E-state index in [2.05, 4.69) is 29.6 Å². The number of benzene rings is 1. The molecular formula is C18H27ClN2O. The lowest BCUT2D eigenvalue weighted by Crippen LogP contribution is -2.40. The minimum atomic E-state index is 0. The van der Waals surface area contributed by atoms with Crippen LogP contribution in [0, 0.1) is 11.8 Å². The maximum absolute atomic E-state index is 12.3. The Morgan fingerprint density at radius 2 is 1.95 bits per heavy atom. The van der Waals surface area contributed by atoms with Crippen LogP contribution in [0.25, 0.3) is 0 Å². The summed E-state index contributed by atoms with van der Waals surface area (Å²) in [6, 6.07) is 8.96. The monoisotopic (exact) mass is 322 g/mol. The molecule has 3 N–H and O–H groups in total. The average Bonchev–Trinajstić information content (AvgIpc) is 2.94. The van der Waals surface area contributed by atoms with Crippen LogP contribution < -0.4 is 11.1 Å². The Labute approximate surface area is 139 Å². The quantitative estimate of drug-likeness (QED) is 0.895. The highest BCUT2D eigenvalue weighted by atomic mass is 35.5. The van der Waals surface area contributed by atoms with Gasteiger partial charge in [-0.05, 0) is 61.6 Å². The van der Waals surface area contributed by atoms with Crippen LogP contribution in [0.1, 0.15) is 43.2 Å². The number of carbonyl (C=O) groups is 1. The first-order chi connectivity index (χ1) is 10.3.